The van der Waals surface area contributed by atoms with Crippen molar-refractivity contribution < 1.29 is 4.74 Å². The second kappa shape index (κ2) is 5.83. The summed E-state index contributed by atoms with van der Waals surface area (Å²) < 4.78 is 5.23. The third kappa shape index (κ3) is 3.64. The number of ether oxygens (including phenoxy) is 1. The fraction of sp³-hybridized carbons (Fsp3) is 0.929. The maximum absolute atomic E-state index is 5.23. The van der Waals surface area contributed by atoms with Crippen molar-refractivity contribution in [3.63, 3.8) is 0 Å². The summed E-state index contributed by atoms with van der Waals surface area (Å²) in [5.41, 5.74) is 0.483. The molecule has 1 aliphatic heterocycles. The predicted octanol–water partition coefficient (Wildman–Crippen LogP) is 3.05. The van der Waals surface area contributed by atoms with Crippen molar-refractivity contribution in [2.24, 2.45) is 10.4 Å². The number of methoxy groups -OCH3 is 1. The van der Waals surface area contributed by atoms with E-state index >= 15 is 0 Å². The average Bonchev–Trinajstić information content (AvgIpc) is 2.33. The maximum atomic E-state index is 5.23. The minimum atomic E-state index is -0.0301. The second-order valence-electron chi connectivity index (χ2n) is 6.41. The van der Waals surface area contributed by atoms with Crippen molar-refractivity contribution in [3.8, 4) is 0 Å². The Morgan fingerprint density at radius 1 is 1.33 bits per heavy atom. The summed E-state index contributed by atoms with van der Waals surface area (Å²) >= 11 is 1.90. The van der Waals surface area contributed by atoms with Gasteiger partial charge in [0.25, 0.3) is 0 Å². The topological polar surface area (TPSA) is 33.6 Å². The predicted molar refractivity (Wildman–Crippen MR) is 79.4 cm³/mol. The molecule has 1 saturated carbocycles. The van der Waals surface area contributed by atoms with Crippen LogP contribution in [-0.4, -0.2) is 36.7 Å². The van der Waals surface area contributed by atoms with Crippen LogP contribution in [0.4, 0.5) is 0 Å². The zero-order valence-corrected chi connectivity index (χ0v) is 12.7. The van der Waals surface area contributed by atoms with Crippen LogP contribution in [-0.2, 0) is 4.74 Å². The van der Waals surface area contributed by atoms with Crippen LogP contribution < -0.4 is 5.32 Å². The number of amidine groups is 1. The Kier molecular flexibility index (Phi) is 4.59. The molecule has 2 rings (SSSR count). The third-order valence-corrected chi connectivity index (χ3v) is 5.20. The van der Waals surface area contributed by atoms with E-state index in [1.54, 1.807) is 7.11 Å². The monoisotopic (exact) mass is 270 g/mol. The molecule has 3 nitrogen and oxygen atoms in total. The van der Waals surface area contributed by atoms with Gasteiger partial charge in [-0.05, 0) is 32.1 Å². The molecule has 104 valence electrons. The number of nitrogens with zero attached hydrogens (tertiary/aromatic N) is 1. The zero-order valence-electron chi connectivity index (χ0n) is 11.9. The maximum Gasteiger partial charge on any atom is 0.157 e. The molecule has 4 heteroatoms. The summed E-state index contributed by atoms with van der Waals surface area (Å²) in [6.07, 6.45) is 6.96. The molecule has 18 heavy (non-hydrogen) atoms. The van der Waals surface area contributed by atoms with E-state index in [1.165, 1.54) is 37.9 Å². The van der Waals surface area contributed by atoms with Crippen LogP contribution in [0.25, 0.3) is 0 Å². The molecule has 0 amide bonds. The molecule has 1 N–H and O–H groups in total. The zero-order chi connectivity index (χ0) is 13.1. The van der Waals surface area contributed by atoms with Crippen molar-refractivity contribution in [1.82, 2.24) is 5.32 Å². The van der Waals surface area contributed by atoms with Gasteiger partial charge in [-0.3, -0.25) is 4.99 Å². The highest BCUT2D eigenvalue weighted by atomic mass is 32.2. The van der Waals surface area contributed by atoms with Gasteiger partial charge in [0.05, 0.1) is 12.1 Å². The third-order valence-electron chi connectivity index (χ3n) is 3.94. The van der Waals surface area contributed by atoms with Gasteiger partial charge in [-0.1, -0.05) is 31.0 Å². The molecular weight excluding hydrogens is 244 g/mol. The number of hydrogen-bond donors (Lipinski definition) is 1. The molecule has 0 bridgehead atoms. The lowest BCUT2D eigenvalue weighted by Crippen LogP contribution is -2.48. The first-order valence-electron chi connectivity index (χ1n) is 7.00. The molecule has 2 aliphatic rings. The van der Waals surface area contributed by atoms with Crippen LogP contribution in [0.5, 0.6) is 0 Å². The Balaban J connectivity index is 1.90. The summed E-state index contributed by atoms with van der Waals surface area (Å²) in [5, 5.41) is 4.61. The highest BCUT2D eigenvalue weighted by molar-refractivity contribution is 8.13. The van der Waals surface area contributed by atoms with E-state index in [0.717, 1.165) is 11.7 Å². The first kappa shape index (κ1) is 14.2. The Bertz CT molecular complexity index is 309. The first-order valence-corrected chi connectivity index (χ1v) is 7.98. The molecule has 0 unspecified atom stereocenters. The smallest absolute Gasteiger partial charge is 0.157 e. The Hall–Kier alpha value is -0.220. The normalized spacial score (nSPS) is 23.8. The lowest BCUT2D eigenvalue weighted by atomic mass is 9.75. The van der Waals surface area contributed by atoms with Crippen molar-refractivity contribution in [2.75, 3.05) is 26.0 Å². The van der Waals surface area contributed by atoms with Gasteiger partial charge in [-0.15, -0.1) is 0 Å². The number of rotatable bonds is 3. The lowest BCUT2D eigenvalue weighted by Gasteiger charge is -2.39. The van der Waals surface area contributed by atoms with E-state index in [1.807, 2.05) is 11.8 Å². The minimum absolute atomic E-state index is 0.0301. The second-order valence-corrected chi connectivity index (χ2v) is 7.38. The van der Waals surface area contributed by atoms with Gasteiger partial charge < -0.3 is 10.1 Å². The van der Waals surface area contributed by atoms with Crippen molar-refractivity contribution in [3.05, 3.63) is 0 Å². The number of nitrogens with one attached hydrogen (secondary N) is 1. The summed E-state index contributed by atoms with van der Waals surface area (Å²) in [5.74, 6) is 1.24. The Morgan fingerprint density at radius 2 is 2.06 bits per heavy atom. The van der Waals surface area contributed by atoms with E-state index < -0.39 is 0 Å². The van der Waals surface area contributed by atoms with Gasteiger partial charge in [0.15, 0.2) is 5.17 Å². The largest absolute Gasteiger partial charge is 0.382 e. The highest BCUT2D eigenvalue weighted by Gasteiger charge is 2.35. The molecule has 1 heterocycles. The van der Waals surface area contributed by atoms with E-state index in [0.29, 0.717) is 12.0 Å². The molecule has 0 aromatic rings. The number of thioether (sulfide) groups is 1. The highest BCUT2D eigenvalue weighted by Crippen LogP contribution is 2.41. The standard InChI is InChI=1S/C14H26N2OS/c1-13(2,10-17-3)16-12-15-9-14(11-18-12)7-5-4-6-8-14/h4-11H2,1-3H3,(H,15,16). The van der Waals surface area contributed by atoms with Crippen LogP contribution in [0.15, 0.2) is 4.99 Å². The number of aliphatic imine (C=N–C) groups is 1. The molecule has 0 radical (unpaired) electrons. The fourth-order valence-corrected chi connectivity index (χ4v) is 4.25. The van der Waals surface area contributed by atoms with Gasteiger partial charge in [-0.2, -0.15) is 0 Å². The molecule has 0 aromatic carbocycles. The molecule has 1 spiro atoms. The molecule has 0 aromatic heterocycles. The van der Waals surface area contributed by atoms with E-state index in [2.05, 4.69) is 19.2 Å². The van der Waals surface area contributed by atoms with E-state index in [9.17, 15) is 0 Å². The van der Waals surface area contributed by atoms with Gasteiger partial charge in [-0.25, -0.2) is 0 Å². The Labute approximate surface area is 115 Å². The number of hydrogen-bond acceptors (Lipinski definition) is 4. The lowest BCUT2D eigenvalue weighted by molar-refractivity contribution is 0.140. The molecule has 1 aliphatic carbocycles. The van der Waals surface area contributed by atoms with Crippen LogP contribution in [0.2, 0.25) is 0 Å². The average molecular weight is 270 g/mol. The van der Waals surface area contributed by atoms with E-state index in [4.69, 9.17) is 9.73 Å². The fourth-order valence-electron chi connectivity index (χ4n) is 2.92. The summed E-state index contributed by atoms with van der Waals surface area (Å²) in [6, 6.07) is 0. The van der Waals surface area contributed by atoms with Gasteiger partial charge in [0.1, 0.15) is 0 Å². The quantitative estimate of drug-likeness (QED) is 0.856. The first-order chi connectivity index (χ1) is 8.55. The summed E-state index contributed by atoms with van der Waals surface area (Å²) in [6.45, 7) is 6.04. The van der Waals surface area contributed by atoms with Gasteiger partial charge in [0.2, 0.25) is 0 Å². The molecule has 0 atom stereocenters. The molecule has 1 fully saturated rings. The van der Waals surface area contributed by atoms with E-state index in [-0.39, 0.29) is 5.54 Å². The summed E-state index contributed by atoms with van der Waals surface area (Å²) in [7, 11) is 1.75. The van der Waals surface area contributed by atoms with Crippen LogP contribution >= 0.6 is 11.8 Å². The van der Waals surface area contributed by atoms with Crippen molar-refractivity contribution in [2.45, 2.75) is 51.5 Å². The van der Waals surface area contributed by atoms with Crippen molar-refractivity contribution >= 4 is 16.9 Å². The van der Waals surface area contributed by atoms with Crippen LogP contribution in [0, 0.1) is 5.41 Å². The SMILES string of the molecule is COCC(C)(C)NC1=NCC2(CCCCC2)CS1. The molecule has 0 saturated heterocycles. The van der Waals surface area contributed by atoms with Crippen LogP contribution in [0.3, 0.4) is 0 Å². The minimum Gasteiger partial charge on any atom is -0.382 e. The Morgan fingerprint density at radius 3 is 2.61 bits per heavy atom. The van der Waals surface area contributed by atoms with Gasteiger partial charge in [0, 0.05) is 19.4 Å². The van der Waals surface area contributed by atoms with Crippen molar-refractivity contribution in [1.29, 1.82) is 0 Å². The summed E-state index contributed by atoms with van der Waals surface area (Å²) in [4.78, 5) is 4.79. The van der Waals surface area contributed by atoms with Crippen LogP contribution in [0.1, 0.15) is 46.0 Å². The molecular formula is C14H26N2OS. The van der Waals surface area contributed by atoms with Gasteiger partial charge >= 0.3 is 0 Å².